The number of urea groups is 1. The fourth-order valence-electron chi connectivity index (χ4n) is 2.41. The summed E-state index contributed by atoms with van der Waals surface area (Å²) in [5, 5.41) is 5.85. The Hall–Kier alpha value is -1.60. The van der Waals surface area contributed by atoms with E-state index in [9.17, 15) is 9.59 Å². The molecular formula is C15H20BrN3O3. The monoisotopic (exact) mass is 369 g/mol. The zero-order valence-electron chi connectivity index (χ0n) is 12.9. The van der Waals surface area contributed by atoms with Gasteiger partial charge < -0.3 is 10.1 Å². The van der Waals surface area contributed by atoms with E-state index in [1.54, 1.807) is 14.0 Å². The summed E-state index contributed by atoms with van der Waals surface area (Å²) in [4.78, 5) is 25.0. The number of amides is 3. The Kier molecular flexibility index (Phi) is 5.42. The highest BCUT2D eigenvalue weighted by Gasteiger charge is 2.30. The first kappa shape index (κ1) is 16.8. The molecule has 1 heterocycles. The Balaban J connectivity index is 2.01. The molecule has 0 spiro atoms. The molecule has 0 unspecified atom stereocenters. The number of methoxy groups -OCH3 is 1. The lowest BCUT2D eigenvalue weighted by Gasteiger charge is -2.23. The van der Waals surface area contributed by atoms with Gasteiger partial charge in [0.1, 0.15) is 5.75 Å². The van der Waals surface area contributed by atoms with Crippen LogP contribution in [0, 0.1) is 0 Å². The SMILES string of the molecule is COc1ccc([C@H](C)N[C@H](C)C(=O)N2CCNC2=O)cc1Br. The number of nitrogens with one attached hydrogen (secondary N) is 2. The second kappa shape index (κ2) is 7.11. The summed E-state index contributed by atoms with van der Waals surface area (Å²) >= 11 is 3.45. The summed E-state index contributed by atoms with van der Waals surface area (Å²) in [6.45, 7) is 4.68. The van der Waals surface area contributed by atoms with E-state index >= 15 is 0 Å². The van der Waals surface area contributed by atoms with E-state index in [0.717, 1.165) is 15.8 Å². The lowest BCUT2D eigenvalue weighted by molar-refractivity contribution is -0.129. The zero-order valence-corrected chi connectivity index (χ0v) is 14.4. The molecule has 1 aromatic carbocycles. The van der Waals surface area contributed by atoms with Crippen LogP contribution in [-0.2, 0) is 4.79 Å². The number of rotatable bonds is 5. The number of halogens is 1. The summed E-state index contributed by atoms with van der Waals surface area (Å²) < 4.78 is 6.07. The molecule has 120 valence electrons. The molecule has 1 saturated heterocycles. The molecule has 2 N–H and O–H groups in total. The first-order chi connectivity index (χ1) is 10.4. The number of benzene rings is 1. The number of carbonyl (C=O) groups is 2. The quantitative estimate of drug-likeness (QED) is 0.833. The normalized spacial score (nSPS) is 17.1. The standard InChI is InChI=1S/C15H20BrN3O3/c1-9(11-4-5-13(22-3)12(16)8-11)18-10(2)14(20)19-7-6-17-15(19)21/h4-5,8-10,18H,6-7H2,1-3H3,(H,17,21)/t9-,10+/m0/s1. The third kappa shape index (κ3) is 3.59. The molecule has 1 aliphatic heterocycles. The number of ether oxygens (including phenoxy) is 1. The molecule has 0 aromatic heterocycles. The molecule has 7 heteroatoms. The maximum absolute atomic E-state index is 12.3. The van der Waals surface area contributed by atoms with Crippen LogP contribution in [0.3, 0.4) is 0 Å². The first-order valence-electron chi connectivity index (χ1n) is 7.12. The minimum Gasteiger partial charge on any atom is -0.496 e. The van der Waals surface area contributed by atoms with Crippen molar-refractivity contribution < 1.29 is 14.3 Å². The minimum absolute atomic E-state index is 0.0354. The van der Waals surface area contributed by atoms with E-state index in [-0.39, 0.29) is 18.0 Å². The van der Waals surface area contributed by atoms with Crippen LogP contribution in [0.2, 0.25) is 0 Å². The van der Waals surface area contributed by atoms with Crippen molar-refractivity contribution in [1.29, 1.82) is 0 Å². The Morgan fingerprint density at radius 3 is 2.73 bits per heavy atom. The number of carbonyl (C=O) groups excluding carboxylic acids is 2. The van der Waals surface area contributed by atoms with Crippen LogP contribution in [0.25, 0.3) is 0 Å². The Bertz CT molecular complexity index is 579. The third-order valence-electron chi connectivity index (χ3n) is 3.67. The van der Waals surface area contributed by atoms with Crippen LogP contribution in [0.1, 0.15) is 25.5 Å². The largest absolute Gasteiger partial charge is 0.496 e. The molecule has 6 nitrogen and oxygen atoms in total. The van der Waals surface area contributed by atoms with E-state index in [2.05, 4.69) is 26.6 Å². The van der Waals surface area contributed by atoms with Crippen LogP contribution in [0.5, 0.6) is 5.75 Å². The molecule has 0 radical (unpaired) electrons. The molecule has 0 aliphatic carbocycles. The van der Waals surface area contributed by atoms with Crippen LogP contribution < -0.4 is 15.4 Å². The van der Waals surface area contributed by atoms with Crippen molar-refractivity contribution in [2.75, 3.05) is 20.2 Å². The van der Waals surface area contributed by atoms with E-state index in [1.165, 1.54) is 4.90 Å². The minimum atomic E-state index is -0.445. The molecule has 0 saturated carbocycles. The molecule has 1 fully saturated rings. The fourth-order valence-corrected chi connectivity index (χ4v) is 2.97. The highest BCUT2D eigenvalue weighted by molar-refractivity contribution is 9.10. The van der Waals surface area contributed by atoms with Crippen LogP contribution in [0.15, 0.2) is 22.7 Å². The highest BCUT2D eigenvalue weighted by Crippen LogP contribution is 2.28. The molecule has 1 aliphatic rings. The van der Waals surface area contributed by atoms with Crippen molar-refractivity contribution >= 4 is 27.9 Å². The van der Waals surface area contributed by atoms with Crippen molar-refractivity contribution in [2.24, 2.45) is 0 Å². The predicted molar refractivity (Wildman–Crippen MR) is 86.8 cm³/mol. The summed E-state index contributed by atoms with van der Waals surface area (Å²) in [5.74, 6) is 0.545. The second-order valence-electron chi connectivity index (χ2n) is 5.23. The average molecular weight is 370 g/mol. The zero-order chi connectivity index (χ0) is 16.3. The van der Waals surface area contributed by atoms with Gasteiger partial charge in [-0.1, -0.05) is 6.07 Å². The molecule has 1 aromatic rings. The van der Waals surface area contributed by atoms with Gasteiger partial charge in [-0.2, -0.15) is 0 Å². The third-order valence-corrected chi connectivity index (χ3v) is 4.29. The van der Waals surface area contributed by atoms with Gasteiger partial charge in [-0.25, -0.2) is 4.79 Å². The van der Waals surface area contributed by atoms with Gasteiger partial charge in [-0.3, -0.25) is 15.0 Å². The van der Waals surface area contributed by atoms with E-state index < -0.39 is 6.04 Å². The highest BCUT2D eigenvalue weighted by atomic mass is 79.9. The van der Waals surface area contributed by atoms with Crippen LogP contribution >= 0.6 is 15.9 Å². The molecule has 22 heavy (non-hydrogen) atoms. The average Bonchev–Trinajstić information content (AvgIpc) is 2.92. The van der Waals surface area contributed by atoms with E-state index in [0.29, 0.717) is 13.1 Å². The number of hydrogen-bond acceptors (Lipinski definition) is 4. The summed E-state index contributed by atoms with van der Waals surface area (Å²) in [6, 6.07) is 4.97. The Morgan fingerprint density at radius 1 is 1.45 bits per heavy atom. The van der Waals surface area contributed by atoms with Crippen molar-refractivity contribution in [3.05, 3.63) is 28.2 Å². The molecule has 2 atom stereocenters. The van der Waals surface area contributed by atoms with Gasteiger partial charge in [-0.05, 0) is 47.5 Å². The van der Waals surface area contributed by atoms with Crippen LogP contribution in [0.4, 0.5) is 4.79 Å². The van der Waals surface area contributed by atoms with Gasteiger partial charge in [0.05, 0.1) is 17.6 Å². The van der Waals surface area contributed by atoms with Crippen LogP contribution in [-0.4, -0.2) is 43.1 Å². The molecule has 2 rings (SSSR count). The van der Waals surface area contributed by atoms with Crippen molar-refractivity contribution in [1.82, 2.24) is 15.5 Å². The first-order valence-corrected chi connectivity index (χ1v) is 7.92. The molecule has 3 amide bonds. The summed E-state index contributed by atoms with van der Waals surface area (Å²) in [5.41, 5.74) is 1.03. The number of imide groups is 1. The molecular weight excluding hydrogens is 350 g/mol. The Morgan fingerprint density at radius 2 is 2.18 bits per heavy atom. The topological polar surface area (TPSA) is 70.7 Å². The second-order valence-corrected chi connectivity index (χ2v) is 6.08. The smallest absolute Gasteiger partial charge is 0.324 e. The van der Waals surface area contributed by atoms with Gasteiger partial charge in [0, 0.05) is 19.1 Å². The fraction of sp³-hybridized carbons (Fsp3) is 0.467. The Labute approximate surface area is 138 Å². The van der Waals surface area contributed by atoms with Gasteiger partial charge in [0.15, 0.2) is 0 Å². The maximum atomic E-state index is 12.3. The van der Waals surface area contributed by atoms with Gasteiger partial charge >= 0.3 is 6.03 Å². The van der Waals surface area contributed by atoms with E-state index in [4.69, 9.17) is 4.74 Å². The number of nitrogens with zero attached hydrogens (tertiary/aromatic N) is 1. The van der Waals surface area contributed by atoms with Gasteiger partial charge in [0.25, 0.3) is 0 Å². The van der Waals surface area contributed by atoms with Gasteiger partial charge in [0.2, 0.25) is 5.91 Å². The summed E-state index contributed by atoms with van der Waals surface area (Å²) in [6.07, 6.45) is 0. The van der Waals surface area contributed by atoms with Crippen molar-refractivity contribution in [3.63, 3.8) is 0 Å². The van der Waals surface area contributed by atoms with Crippen molar-refractivity contribution in [2.45, 2.75) is 25.9 Å². The maximum Gasteiger partial charge on any atom is 0.324 e. The lowest BCUT2D eigenvalue weighted by Crippen LogP contribution is -2.46. The van der Waals surface area contributed by atoms with Crippen molar-refractivity contribution in [3.8, 4) is 5.75 Å². The lowest BCUT2D eigenvalue weighted by atomic mass is 10.1. The number of hydrogen-bond donors (Lipinski definition) is 2. The summed E-state index contributed by atoms with van der Waals surface area (Å²) in [7, 11) is 1.61. The molecule has 0 bridgehead atoms. The van der Waals surface area contributed by atoms with E-state index in [1.807, 2.05) is 25.1 Å². The predicted octanol–water partition coefficient (Wildman–Crippen LogP) is 2.05. The van der Waals surface area contributed by atoms with Gasteiger partial charge in [-0.15, -0.1) is 0 Å².